The Morgan fingerprint density at radius 1 is 1.17 bits per heavy atom. The summed E-state index contributed by atoms with van der Waals surface area (Å²) >= 11 is 6.07. The summed E-state index contributed by atoms with van der Waals surface area (Å²) in [7, 11) is 4.96. The summed E-state index contributed by atoms with van der Waals surface area (Å²) < 4.78 is 6.59. The van der Waals surface area contributed by atoms with Gasteiger partial charge >= 0.3 is 0 Å². The van der Waals surface area contributed by atoms with Gasteiger partial charge in [-0.2, -0.15) is 5.10 Å². The third kappa shape index (κ3) is 4.75. The number of benzene rings is 2. The number of aromatic nitrogens is 2. The molecular weight excluding hydrogens is 392 g/mol. The lowest BCUT2D eigenvalue weighted by atomic mass is 10.2. The van der Waals surface area contributed by atoms with E-state index in [1.54, 1.807) is 56.4 Å². The van der Waals surface area contributed by atoms with Crippen LogP contribution in [-0.4, -0.2) is 40.7 Å². The minimum atomic E-state index is -0.371. The Balaban J connectivity index is 1.70. The van der Waals surface area contributed by atoms with Crippen LogP contribution in [0.15, 0.2) is 54.6 Å². The van der Waals surface area contributed by atoms with E-state index in [-0.39, 0.29) is 17.5 Å². The lowest BCUT2D eigenvalue weighted by Crippen LogP contribution is -2.26. The lowest BCUT2D eigenvalue weighted by molar-refractivity contribution is 0.0778. The molecule has 0 bridgehead atoms. The van der Waals surface area contributed by atoms with Crippen LogP contribution in [0.25, 0.3) is 0 Å². The number of aryl methyl sites for hydroxylation is 1. The molecule has 0 saturated heterocycles. The molecule has 1 heterocycles. The number of halogens is 1. The second-order valence-electron chi connectivity index (χ2n) is 6.48. The van der Waals surface area contributed by atoms with Crippen molar-refractivity contribution < 1.29 is 14.3 Å². The highest BCUT2D eigenvalue weighted by Crippen LogP contribution is 2.19. The topological polar surface area (TPSA) is 76.5 Å². The monoisotopic (exact) mass is 412 g/mol. The molecular formula is C21H21ClN4O3. The summed E-state index contributed by atoms with van der Waals surface area (Å²) in [4.78, 5) is 26.7. The van der Waals surface area contributed by atoms with Gasteiger partial charge in [0, 0.05) is 26.7 Å². The Kier molecular flexibility index (Phi) is 6.19. The molecule has 0 aliphatic rings. The Labute approximate surface area is 173 Å². The SMILES string of the molecule is COc1ccc(CN(C)C(=O)c2cc(NC(=O)c3ccccc3Cl)n(C)n2)cc1. The van der Waals surface area contributed by atoms with Crippen LogP contribution in [0.5, 0.6) is 5.75 Å². The van der Waals surface area contributed by atoms with E-state index >= 15 is 0 Å². The van der Waals surface area contributed by atoms with Gasteiger partial charge in [0.25, 0.3) is 11.8 Å². The lowest BCUT2D eigenvalue weighted by Gasteiger charge is -2.16. The summed E-state index contributed by atoms with van der Waals surface area (Å²) in [6, 6.07) is 15.8. The fraction of sp³-hybridized carbons (Fsp3) is 0.190. The molecule has 0 atom stereocenters. The van der Waals surface area contributed by atoms with Crippen molar-refractivity contribution in [3.8, 4) is 5.75 Å². The quantitative estimate of drug-likeness (QED) is 0.671. The maximum atomic E-state index is 12.7. The van der Waals surface area contributed by atoms with Crippen LogP contribution < -0.4 is 10.1 Å². The standard InChI is InChI=1S/C21H21ClN4O3/c1-25(13-14-8-10-15(29-3)11-9-14)21(28)18-12-19(26(2)24-18)23-20(27)16-6-4-5-7-17(16)22/h4-12H,13H2,1-3H3,(H,23,27). The molecule has 1 N–H and O–H groups in total. The first-order valence-corrected chi connectivity index (χ1v) is 9.25. The molecule has 0 unspecified atom stereocenters. The van der Waals surface area contributed by atoms with Crippen LogP contribution in [0.4, 0.5) is 5.82 Å². The summed E-state index contributed by atoms with van der Waals surface area (Å²) in [5, 5.41) is 7.31. The van der Waals surface area contributed by atoms with E-state index in [2.05, 4.69) is 10.4 Å². The van der Waals surface area contributed by atoms with Gasteiger partial charge in [0.05, 0.1) is 17.7 Å². The Morgan fingerprint density at radius 2 is 1.86 bits per heavy atom. The molecule has 8 heteroatoms. The maximum absolute atomic E-state index is 12.7. The van der Waals surface area contributed by atoms with Crippen molar-refractivity contribution in [3.63, 3.8) is 0 Å². The predicted octanol–water partition coefficient (Wildman–Crippen LogP) is 3.61. The van der Waals surface area contributed by atoms with E-state index in [9.17, 15) is 9.59 Å². The van der Waals surface area contributed by atoms with Crippen molar-refractivity contribution in [2.45, 2.75) is 6.54 Å². The Hall–Kier alpha value is -3.32. The zero-order valence-electron chi connectivity index (χ0n) is 16.3. The van der Waals surface area contributed by atoms with E-state index in [1.807, 2.05) is 24.3 Å². The number of hydrogen-bond donors (Lipinski definition) is 1. The highest BCUT2D eigenvalue weighted by Gasteiger charge is 2.19. The predicted molar refractivity (Wildman–Crippen MR) is 111 cm³/mol. The first-order valence-electron chi connectivity index (χ1n) is 8.87. The number of anilines is 1. The van der Waals surface area contributed by atoms with Crippen LogP contribution >= 0.6 is 11.6 Å². The molecule has 0 aliphatic heterocycles. The first-order chi connectivity index (χ1) is 13.9. The number of amides is 2. The molecule has 2 aromatic carbocycles. The van der Waals surface area contributed by atoms with Crippen molar-refractivity contribution in [1.82, 2.24) is 14.7 Å². The van der Waals surface area contributed by atoms with Gasteiger partial charge in [-0.25, -0.2) is 0 Å². The van der Waals surface area contributed by atoms with Crippen LogP contribution in [0, 0.1) is 0 Å². The number of carbonyl (C=O) groups is 2. The Bertz CT molecular complexity index is 1030. The van der Waals surface area contributed by atoms with Crippen LogP contribution in [0.2, 0.25) is 5.02 Å². The zero-order valence-corrected chi connectivity index (χ0v) is 17.1. The summed E-state index contributed by atoms with van der Waals surface area (Å²) in [5.74, 6) is 0.529. The second kappa shape index (κ2) is 8.79. The van der Waals surface area contributed by atoms with Gasteiger partial charge in [-0.3, -0.25) is 14.3 Å². The second-order valence-corrected chi connectivity index (χ2v) is 6.89. The number of methoxy groups -OCH3 is 1. The molecule has 0 spiro atoms. The maximum Gasteiger partial charge on any atom is 0.274 e. The van der Waals surface area contributed by atoms with Crippen LogP contribution in [0.3, 0.4) is 0 Å². The highest BCUT2D eigenvalue weighted by molar-refractivity contribution is 6.34. The molecule has 0 radical (unpaired) electrons. The van der Waals surface area contributed by atoms with Gasteiger partial charge in [0.15, 0.2) is 5.69 Å². The minimum absolute atomic E-state index is 0.234. The van der Waals surface area contributed by atoms with Gasteiger partial charge in [-0.05, 0) is 29.8 Å². The van der Waals surface area contributed by atoms with Gasteiger partial charge in [0.2, 0.25) is 0 Å². The van der Waals surface area contributed by atoms with Gasteiger partial charge in [-0.15, -0.1) is 0 Å². The third-order valence-electron chi connectivity index (χ3n) is 4.38. The molecule has 0 fully saturated rings. The summed E-state index contributed by atoms with van der Waals surface area (Å²) in [6.07, 6.45) is 0. The molecule has 29 heavy (non-hydrogen) atoms. The average molecular weight is 413 g/mol. The van der Waals surface area contributed by atoms with Gasteiger partial charge < -0.3 is 15.0 Å². The molecule has 2 amide bonds. The highest BCUT2D eigenvalue weighted by atomic mass is 35.5. The largest absolute Gasteiger partial charge is 0.497 e. The number of nitrogens with one attached hydrogen (secondary N) is 1. The number of hydrogen-bond acceptors (Lipinski definition) is 4. The molecule has 7 nitrogen and oxygen atoms in total. The molecule has 1 aromatic heterocycles. The van der Waals surface area contributed by atoms with E-state index in [4.69, 9.17) is 16.3 Å². The average Bonchev–Trinajstić information content (AvgIpc) is 3.08. The first kappa shape index (κ1) is 20.4. The van der Waals surface area contributed by atoms with Gasteiger partial charge in [0.1, 0.15) is 11.6 Å². The number of rotatable bonds is 6. The molecule has 0 aliphatic carbocycles. The third-order valence-corrected chi connectivity index (χ3v) is 4.71. The van der Waals surface area contributed by atoms with Crippen molar-refractivity contribution in [2.24, 2.45) is 7.05 Å². The molecule has 150 valence electrons. The van der Waals surface area contributed by atoms with Crippen molar-refractivity contribution in [3.05, 3.63) is 76.4 Å². The van der Waals surface area contributed by atoms with Crippen LogP contribution in [0.1, 0.15) is 26.4 Å². The van der Waals surface area contributed by atoms with Crippen LogP contribution in [-0.2, 0) is 13.6 Å². The van der Waals surface area contributed by atoms with E-state index < -0.39 is 0 Å². The number of ether oxygens (including phenoxy) is 1. The smallest absolute Gasteiger partial charge is 0.274 e. The van der Waals surface area contributed by atoms with Crippen molar-refractivity contribution in [2.75, 3.05) is 19.5 Å². The number of carbonyl (C=O) groups excluding carboxylic acids is 2. The van der Waals surface area contributed by atoms with E-state index in [1.165, 1.54) is 4.68 Å². The fourth-order valence-electron chi connectivity index (χ4n) is 2.79. The summed E-state index contributed by atoms with van der Waals surface area (Å²) in [6.45, 7) is 0.417. The number of nitrogens with zero attached hydrogens (tertiary/aromatic N) is 3. The van der Waals surface area contributed by atoms with E-state index in [0.717, 1.165) is 11.3 Å². The fourth-order valence-corrected chi connectivity index (χ4v) is 3.01. The van der Waals surface area contributed by atoms with Gasteiger partial charge in [-0.1, -0.05) is 35.9 Å². The van der Waals surface area contributed by atoms with E-state index in [0.29, 0.717) is 22.9 Å². The summed E-state index contributed by atoms with van der Waals surface area (Å²) in [5.41, 5.74) is 1.54. The normalized spacial score (nSPS) is 10.5. The van der Waals surface area contributed by atoms with Crippen molar-refractivity contribution >= 4 is 29.2 Å². The molecule has 3 aromatic rings. The van der Waals surface area contributed by atoms with Crippen molar-refractivity contribution in [1.29, 1.82) is 0 Å². The zero-order chi connectivity index (χ0) is 21.0. The molecule has 0 saturated carbocycles. The Morgan fingerprint density at radius 3 is 2.52 bits per heavy atom. The molecule has 3 rings (SSSR count). The minimum Gasteiger partial charge on any atom is -0.497 e.